The van der Waals surface area contributed by atoms with Gasteiger partial charge in [0.15, 0.2) is 5.60 Å². The molecule has 3 atom stereocenters. The quantitative estimate of drug-likeness (QED) is 0.158. The molecule has 52 heavy (non-hydrogen) atoms. The Morgan fingerprint density at radius 2 is 1.75 bits per heavy atom. The summed E-state index contributed by atoms with van der Waals surface area (Å²) >= 11 is 0. The van der Waals surface area contributed by atoms with E-state index in [9.17, 15) is 54.2 Å². The molecule has 18 heteroatoms. The molecule has 3 aliphatic carbocycles. The summed E-state index contributed by atoms with van der Waals surface area (Å²) in [5, 5.41) is 9.50. The van der Waals surface area contributed by atoms with Gasteiger partial charge in [-0.2, -0.15) is 39.5 Å². The third-order valence-corrected chi connectivity index (χ3v) is 10.7. The van der Waals surface area contributed by atoms with Crippen molar-refractivity contribution in [1.82, 2.24) is 9.88 Å². The Bertz CT molecular complexity index is 2030. The van der Waals surface area contributed by atoms with Crippen molar-refractivity contribution in [3.8, 4) is 17.0 Å². The van der Waals surface area contributed by atoms with E-state index in [1.54, 1.807) is 13.0 Å². The van der Waals surface area contributed by atoms with Crippen LogP contribution < -0.4 is 10.5 Å². The highest BCUT2D eigenvalue weighted by Gasteiger charge is 2.84. The Morgan fingerprint density at radius 1 is 1.08 bits per heavy atom. The summed E-state index contributed by atoms with van der Waals surface area (Å²) in [7, 11) is 0.707. The number of ether oxygens (including phenoxy) is 2. The Balaban J connectivity index is 1.38. The molecule has 1 saturated heterocycles. The minimum Gasteiger partial charge on any atom is -0.481 e. The number of hydrogen-bond donors (Lipinski definition) is 2. The SMILES string of the molecule is COc1ncc(-c2ccc(C(=O)O)cc2C)cc1/C(=C/C=C(\N)C(F)(F)F)PCN1C(=O)O[C@]2(C3=CC(C(F)(F)F)=CC(C(F)(F)F)=CC32)C12CC2. The van der Waals surface area contributed by atoms with Crippen LogP contribution >= 0.6 is 8.58 Å². The molecule has 2 unspecified atom stereocenters. The lowest BCUT2D eigenvalue weighted by atomic mass is 9.98. The van der Waals surface area contributed by atoms with Crippen molar-refractivity contribution in [3.63, 3.8) is 0 Å². The van der Waals surface area contributed by atoms with Gasteiger partial charge in [-0.05, 0) is 78.2 Å². The number of nitrogens with two attached hydrogens (primary N) is 1. The summed E-state index contributed by atoms with van der Waals surface area (Å²) in [6.45, 7) is 1.65. The van der Waals surface area contributed by atoms with E-state index in [0.29, 0.717) is 34.9 Å². The summed E-state index contributed by atoms with van der Waals surface area (Å²) in [5.41, 5.74) is -0.807. The van der Waals surface area contributed by atoms with Crippen LogP contribution in [0.2, 0.25) is 0 Å². The molecule has 1 aromatic heterocycles. The van der Waals surface area contributed by atoms with Crippen molar-refractivity contribution >= 4 is 26.0 Å². The van der Waals surface area contributed by atoms with Crippen molar-refractivity contribution in [2.45, 2.75) is 49.4 Å². The van der Waals surface area contributed by atoms with E-state index in [1.807, 2.05) is 0 Å². The van der Waals surface area contributed by atoms with Crippen LogP contribution in [0.25, 0.3) is 16.4 Å². The molecule has 8 nitrogen and oxygen atoms in total. The monoisotopic (exact) mass is 759 g/mol. The number of carboxylic acid groups (broad SMARTS) is 1. The molecule has 2 aromatic rings. The van der Waals surface area contributed by atoms with Crippen molar-refractivity contribution < 1.29 is 63.7 Å². The molecular formula is C34H27F9N3O5P. The van der Waals surface area contributed by atoms with E-state index in [4.69, 9.17) is 15.2 Å². The van der Waals surface area contributed by atoms with Crippen LogP contribution in [0.1, 0.15) is 34.3 Å². The van der Waals surface area contributed by atoms with Gasteiger partial charge in [-0.1, -0.05) is 26.8 Å². The Kier molecular flexibility index (Phi) is 8.83. The number of allylic oxidation sites excluding steroid dienone is 7. The molecule has 2 saturated carbocycles. The van der Waals surface area contributed by atoms with Gasteiger partial charge in [0.05, 0.1) is 29.4 Å². The van der Waals surface area contributed by atoms with E-state index in [-0.39, 0.29) is 53.1 Å². The molecule has 3 fully saturated rings. The van der Waals surface area contributed by atoms with Crippen LogP contribution in [0.3, 0.4) is 0 Å². The van der Waals surface area contributed by atoms with Crippen LogP contribution in [-0.2, 0) is 4.74 Å². The number of hydrogen-bond acceptors (Lipinski definition) is 6. The number of aromatic carboxylic acids is 1. The fourth-order valence-corrected chi connectivity index (χ4v) is 8.10. The first-order valence-electron chi connectivity index (χ1n) is 15.3. The van der Waals surface area contributed by atoms with Gasteiger partial charge < -0.3 is 20.3 Å². The first-order valence-corrected chi connectivity index (χ1v) is 16.5. The predicted molar refractivity (Wildman–Crippen MR) is 170 cm³/mol. The first-order chi connectivity index (χ1) is 24.1. The number of benzene rings is 1. The maximum absolute atomic E-state index is 13.8. The van der Waals surface area contributed by atoms with Crippen molar-refractivity contribution in [2.75, 3.05) is 13.4 Å². The number of carboxylic acids is 1. The number of amides is 1. The second-order valence-corrected chi connectivity index (χ2v) is 13.7. The number of fused-ring (bicyclic) bond motifs is 4. The zero-order chi connectivity index (χ0) is 38.2. The average Bonchev–Trinajstić information content (AvgIpc) is 3.94. The van der Waals surface area contributed by atoms with Crippen LogP contribution in [0.5, 0.6) is 5.88 Å². The molecule has 1 aliphatic heterocycles. The van der Waals surface area contributed by atoms with Gasteiger partial charge in [-0.25, -0.2) is 14.6 Å². The Morgan fingerprint density at radius 3 is 2.31 bits per heavy atom. The molecule has 0 bridgehead atoms. The summed E-state index contributed by atoms with van der Waals surface area (Å²) in [6.07, 6.45) is -11.8. The van der Waals surface area contributed by atoms with Gasteiger partial charge in [0.1, 0.15) is 5.70 Å². The summed E-state index contributed by atoms with van der Waals surface area (Å²) in [5.74, 6) is -2.49. The number of carbonyl (C=O) groups is 2. The highest BCUT2D eigenvalue weighted by molar-refractivity contribution is 7.50. The van der Waals surface area contributed by atoms with E-state index in [1.165, 1.54) is 36.4 Å². The van der Waals surface area contributed by atoms with Gasteiger partial charge in [0.2, 0.25) is 5.88 Å². The molecule has 0 radical (unpaired) electrons. The second kappa shape index (κ2) is 12.4. The summed E-state index contributed by atoms with van der Waals surface area (Å²) < 4.78 is 134. The lowest BCUT2D eigenvalue weighted by molar-refractivity contribution is -0.0944. The number of nitrogens with zero attached hydrogens (tertiary/aromatic N) is 2. The number of halogens is 9. The number of pyridine rings is 1. The zero-order valence-corrected chi connectivity index (χ0v) is 27.9. The zero-order valence-electron chi connectivity index (χ0n) is 26.9. The smallest absolute Gasteiger partial charge is 0.430 e. The van der Waals surface area contributed by atoms with Gasteiger partial charge >= 0.3 is 30.6 Å². The van der Waals surface area contributed by atoms with Crippen LogP contribution in [-0.4, -0.2) is 70.1 Å². The lowest BCUT2D eigenvalue weighted by Crippen LogP contribution is -2.41. The molecule has 1 amide bonds. The summed E-state index contributed by atoms with van der Waals surface area (Å²) in [6, 6.07) is 5.85. The number of alkyl halides is 9. The molecule has 6 rings (SSSR count). The number of carbonyl (C=O) groups excluding carboxylic acids is 1. The molecule has 2 heterocycles. The molecule has 276 valence electrons. The minimum absolute atomic E-state index is 0.0111. The minimum atomic E-state index is -5.14. The topological polar surface area (TPSA) is 115 Å². The van der Waals surface area contributed by atoms with Crippen molar-refractivity contribution in [1.29, 1.82) is 0 Å². The molecule has 2 spiro atoms. The first kappa shape index (κ1) is 37.0. The number of methoxy groups -OCH3 is 1. The van der Waals surface area contributed by atoms with Crippen LogP contribution in [0.15, 0.2) is 83.3 Å². The predicted octanol–water partition coefficient (Wildman–Crippen LogP) is 8.42. The van der Waals surface area contributed by atoms with Gasteiger partial charge in [0.25, 0.3) is 0 Å². The molecule has 1 aromatic carbocycles. The third-order valence-electron chi connectivity index (χ3n) is 9.45. The molecule has 4 aliphatic rings. The number of rotatable bonds is 8. The second-order valence-electron chi connectivity index (χ2n) is 12.5. The molecule has 3 N–H and O–H groups in total. The van der Waals surface area contributed by atoms with E-state index < -0.39 is 73.1 Å². The number of aryl methyl sites for hydroxylation is 1. The van der Waals surface area contributed by atoms with E-state index in [0.717, 1.165) is 6.08 Å². The maximum Gasteiger partial charge on any atom is 0.430 e. The largest absolute Gasteiger partial charge is 0.481 e. The van der Waals surface area contributed by atoms with Gasteiger partial charge in [0, 0.05) is 29.5 Å². The van der Waals surface area contributed by atoms with Crippen LogP contribution in [0, 0.1) is 12.8 Å². The lowest BCUT2D eigenvalue weighted by Gasteiger charge is -2.25. The van der Waals surface area contributed by atoms with Gasteiger partial charge in [-0.3, -0.25) is 4.90 Å². The summed E-state index contributed by atoms with van der Waals surface area (Å²) in [4.78, 5) is 30.4. The maximum atomic E-state index is 13.8. The Labute approximate surface area is 290 Å². The third kappa shape index (κ3) is 6.32. The fourth-order valence-electron chi connectivity index (χ4n) is 6.77. The van der Waals surface area contributed by atoms with Gasteiger partial charge in [-0.15, -0.1) is 0 Å². The van der Waals surface area contributed by atoms with E-state index in [2.05, 4.69) is 4.98 Å². The molecular weight excluding hydrogens is 732 g/mol. The van der Waals surface area contributed by atoms with Crippen LogP contribution in [0.4, 0.5) is 44.3 Å². The Hall–Kier alpha value is -4.79. The average molecular weight is 760 g/mol. The highest BCUT2D eigenvalue weighted by Crippen LogP contribution is 2.74. The standard InChI is InChI=1S/C34H27F9N3O5P/c1-16-9-17(28(47)48)3-4-21(16)18-10-22(27(50-2)45-14-18)25(5-6-26(44)34(41,42)43)52-15-46-29(49)51-31(30(46)7-8-30)23-12-19(32(35,36)37)11-20(13-24(23)31)33(38,39)40/h3-6,9-14,23,52H,7-8,15,44H2,1-2H3,(H,47,48)/b25-5-,26-6-/t23?,31-/m1/s1. The van der Waals surface area contributed by atoms with Crippen molar-refractivity contribution in [2.24, 2.45) is 11.7 Å². The highest BCUT2D eigenvalue weighted by atomic mass is 31.1. The normalized spacial score (nSPS) is 23.0. The van der Waals surface area contributed by atoms with Crippen molar-refractivity contribution in [3.05, 3.63) is 99.9 Å². The fraction of sp³-hybridized carbons (Fsp3) is 0.324. The van der Waals surface area contributed by atoms with E-state index >= 15 is 0 Å². The number of aromatic nitrogens is 1.